The van der Waals surface area contributed by atoms with E-state index in [1.54, 1.807) is 18.9 Å². The van der Waals surface area contributed by atoms with Crippen molar-refractivity contribution < 1.29 is 9.47 Å². The fourth-order valence-electron chi connectivity index (χ4n) is 3.05. The predicted molar refractivity (Wildman–Crippen MR) is 111 cm³/mol. The molecule has 0 atom stereocenters. The van der Waals surface area contributed by atoms with E-state index in [0.717, 1.165) is 41.2 Å². The fraction of sp³-hybridized carbons (Fsp3) is 0.364. The van der Waals surface area contributed by atoms with E-state index in [9.17, 15) is 0 Å². The molecule has 4 rings (SSSR count). The SMILES string of the molecule is COc1ccc(OCCCSc2nnc(C3CC3)n2Cc2ccccc2)cc1. The second-order valence-corrected chi connectivity index (χ2v) is 7.97. The number of benzene rings is 2. The van der Waals surface area contributed by atoms with Gasteiger partial charge in [-0.25, -0.2) is 0 Å². The zero-order valence-electron chi connectivity index (χ0n) is 16.1. The number of nitrogens with zero attached hydrogens (tertiary/aromatic N) is 3. The molecule has 0 aliphatic heterocycles. The lowest BCUT2D eigenvalue weighted by Gasteiger charge is -2.10. The third-order valence-electron chi connectivity index (χ3n) is 4.72. The van der Waals surface area contributed by atoms with Gasteiger partial charge in [0.15, 0.2) is 5.16 Å². The van der Waals surface area contributed by atoms with Gasteiger partial charge in [0, 0.05) is 11.7 Å². The van der Waals surface area contributed by atoms with Crippen LogP contribution in [0.2, 0.25) is 0 Å². The summed E-state index contributed by atoms with van der Waals surface area (Å²) in [4.78, 5) is 0. The molecule has 0 spiro atoms. The van der Waals surface area contributed by atoms with E-state index in [1.807, 2.05) is 24.3 Å². The minimum absolute atomic E-state index is 0.587. The third-order valence-corrected chi connectivity index (χ3v) is 5.77. The molecule has 1 aliphatic rings. The average molecular weight is 396 g/mol. The van der Waals surface area contributed by atoms with Gasteiger partial charge in [0.25, 0.3) is 0 Å². The van der Waals surface area contributed by atoms with Crippen molar-refractivity contribution in [3.63, 3.8) is 0 Å². The summed E-state index contributed by atoms with van der Waals surface area (Å²) in [5, 5.41) is 9.97. The van der Waals surface area contributed by atoms with Crippen molar-refractivity contribution in [3.8, 4) is 11.5 Å². The Bertz CT molecular complexity index is 877. The number of thioether (sulfide) groups is 1. The Morgan fingerprint density at radius 2 is 1.75 bits per heavy atom. The summed E-state index contributed by atoms with van der Waals surface area (Å²) in [5.74, 6) is 4.39. The second-order valence-electron chi connectivity index (χ2n) is 6.91. The number of ether oxygens (including phenoxy) is 2. The van der Waals surface area contributed by atoms with E-state index >= 15 is 0 Å². The number of methoxy groups -OCH3 is 1. The van der Waals surface area contributed by atoms with Gasteiger partial charge in [0.1, 0.15) is 17.3 Å². The van der Waals surface area contributed by atoms with Crippen LogP contribution in [0, 0.1) is 0 Å². The Morgan fingerprint density at radius 3 is 2.46 bits per heavy atom. The maximum atomic E-state index is 5.81. The first-order chi connectivity index (χ1) is 13.8. The van der Waals surface area contributed by atoms with Gasteiger partial charge in [-0.3, -0.25) is 0 Å². The van der Waals surface area contributed by atoms with Crippen LogP contribution >= 0.6 is 11.8 Å². The molecule has 1 aliphatic carbocycles. The van der Waals surface area contributed by atoms with E-state index in [2.05, 4.69) is 45.1 Å². The summed E-state index contributed by atoms with van der Waals surface area (Å²) in [7, 11) is 1.66. The van der Waals surface area contributed by atoms with Gasteiger partial charge in [0.2, 0.25) is 0 Å². The van der Waals surface area contributed by atoms with E-state index < -0.39 is 0 Å². The van der Waals surface area contributed by atoms with Crippen molar-refractivity contribution in [2.24, 2.45) is 0 Å². The van der Waals surface area contributed by atoms with Gasteiger partial charge in [-0.15, -0.1) is 10.2 Å². The van der Waals surface area contributed by atoms with E-state index in [4.69, 9.17) is 9.47 Å². The summed E-state index contributed by atoms with van der Waals surface area (Å²) in [5.41, 5.74) is 1.29. The summed E-state index contributed by atoms with van der Waals surface area (Å²) in [6, 6.07) is 18.2. The molecule has 3 aromatic rings. The molecule has 28 heavy (non-hydrogen) atoms. The average Bonchev–Trinajstić information content (AvgIpc) is 3.51. The molecular weight excluding hydrogens is 370 g/mol. The van der Waals surface area contributed by atoms with Gasteiger partial charge in [-0.2, -0.15) is 0 Å². The quantitative estimate of drug-likeness (QED) is 0.365. The van der Waals surface area contributed by atoms with Gasteiger partial charge in [-0.05, 0) is 49.1 Å². The van der Waals surface area contributed by atoms with Gasteiger partial charge >= 0.3 is 0 Å². The summed E-state index contributed by atoms with van der Waals surface area (Å²) in [6.07, 6.45) is 3.41. The highest BCUT2D eigenvalue weighted by Crippen LogP contribution is 2.40. The molecule has 146 valence electrons. The molecule has 0 amide bonds. The molecule has 0 unspecified atom stereocenters. The molecule has 5 nitrogen and oxygen atoms in total. The van der Waals surface area contributed by atoms with Crippen molar-refractivity contribution in [1.82, 2.24) is 14.8 Å². The number of hydrogen-bond acceptors (Lipinski definition) is 5. The van der Waals surface area contributed by atoms with Crippen LogP contribution in [0.1, 0.15) is 36.6 Å². The molecule has 0 saturated heterocycles. The second kappa shape index (κ2) is 9.15. The molecule has 1 fully saturated rings. The molecule has 1 heterocycles. The first-order valence-corrected chi connectivity index (χ1v) is 10.7. The Morgan fingerprint density at radius 1 is 1.00 bits per heavy atom. The zero-order valence-corrected chi connectivity index (χ0v) is 16.9. The predicted octanol–water partition coefficient (Wildman–Crippen LogP) is 4.77. The summed E-state index contributed by atoms with van der Waals surface area (Å²) >= 11 is 1.76. The molecule has 0 N–H and O–H groups in total. The molecule has 6 heteroatoms. The van der Waals surface area contributed by atoms with E-state index in [-0.39, 0.29) is 0 Å². The topological polar surface area (TPSA) is 49.2 Å². The number of rotatable bonds is 10. The highest BCUT2D eigenvalue weighted by Gasteiger charge is 2.30. The summed E-state index contributed by atoms with van der Waals surface area (Å²) in [6.45, 7) is 1.52. The van der Waals surface area contributed by atoms with E-state index in [1.165, 1.54) is 18.4 Å². The van der Waals surface area contributed by atoms with Crippen molar-refractivity contribution in [2.45, 2.75) is 36.9 Å². The number of aromatic nitrogens is 3. The van der Waals surface area contributed by atoms with Crippen LogP contribution in [0.25, 0.3) is 0 Å². The normalized spacial score (nSPS) is 13.5. The van der Waals surface area contributed by atoms with Crippen LogP contribution in [-0.4, -0.2) is 34.2 Å². The van der Waals surface area contributed by atoms with Crippen LogP contribution in [-0.2, 0) is 6.54 Å². The first kappa shape index (κ1) is 18.9. The molecule has 0 bridgehead atoms. The molecule has 1 saturated carbocycles. The summed E-state index contributed by atoms with van der Waals surface area (Å²) < 4.78 is 13.3. The third kappa shape index (κ3) is 4.87. The smallest absolute Gasteiger partial charge is 0.191 e. The van der Waals surface area contributed by atoms with Crippen molar-refractivity contribution in [2.75, 3.05) is 19.5 Å². The number of hydrogen-bond donors (Lipinski definition) is 0. The molecule has 0 radical (unpaired) electrons. The maximum absolute atomic E-state index is 5.81. The minimum Gasteiger partial charge on any atom is -0.497 e. The molecule has 2 aromatic carbocycles. The maximum Gasteiger partial charge on any atom is 0.191 e. The lowest BCUT2D eigenvalue weighted by molar-refractivity contribution is 0.318. The zero-order chi connectivity index (χ0) is 19.2. The van der Waals surface area contributed by atoms with Gasteiger partial charge in [0.05, 0.1) is 20.3 Å². The Labute approximate surface area is 170 Å². The largest absolute Gasteiger partial charge is 0.497 e. The van der Waals surface area contributed by atoms with Crippen molar-refractivity contribution in [1.29, 1.82) is 0 Å². The minimum atomic E-state index is 0.587. The molecular formula is C22H25N3O2S. The van der Waals surface area contributed by atoms with Crippen LogP contribution in [0.3, 0.4) is 0 Å². The highest BCUT2D eigenvalue weighted by atomic mass is 32.2. The van der Waals surface area contributed by atoms with Crippen LogP contribution in [0.5, 0.6) is 11.5 Å². The van der Waals surface area contributed by atoms with Crippen LogP contribution < -0.4 is 9.47 Å². The monoisotopic (exact) mass is 395 g/mol. The van der Waals surface area contributed by atoms with Gasteiger partial charge in [-0.1, -0.05) is 42.1 Å². The Kier molecular flexibility index (Phi) is 6.17. The van der Waals surface area contributed by atoms with Crippen LogP contribution in [0.15, 0.2) is 59.8 Å². The standard InChI is InChI=1S/C22H25N3O2S/c1-26-19-10-12-20(13-11-19)27-14-5-15-28-22-24-23-21(18-8-9-18)25(22)16-17-6-3-2-4-7-17/h2-4,6-7,10-13,18H,5,8-9,14-16H2,1H3. The van der Waals surface area contributed by atoms with Crippen molar-refractivity contribution in [3.05, 3.63) is 66.0 Å². The van der Waals surface area contributed by atoms with E-state index in [0.29, 0.717) is 12.5 Å². The van der Waals surface area contributed by atoms with Crippen LogP contribution in [0.4, 0.5) is 0 Å². The van der Waals surface area contributed by atoms with Gasteiger partial charge < -0.3 is 14.0 Å². The fourth-order valence-corrected chi connectivity index (χ4v) is 3.91. The van der Waals surface area contributed by atoms with Crippen molar-refractivity contribution >= 4 is 11.8 Å². The lowest BCUT2D eigenvalue weighted by Crippen LogP contribution is -2.06. The molecule has 1 aromatic heterocycles. The lowest BCUT2D eigenvalue weighted by atomic mass is 10.2. The first-order valence-electron chi connectivity index (χ1n) is 9.70. The Balaban J connectivity index is 1.30. The Hall–Kier alpha value is -2.47. The highest BCUT2D eigenvalue weighted by molar-refractivity contribution is 7.99.